The monoisotopic (exact) mass is 1080 g/mol. The molecule has 2 atom stereocenters. The third-order valence-corrected chi connectivity index (χ3v) is 14.9. The third-order valence-electron chi connectivity index (χ3n) is 13.0. The SMILES string of the molecule is CCCCCCCC/C=C\CCCCCCCC(=O)OCC(COP(=O)(O)OCCNC(=O)CSc1nc2c([nH]c3ccccc32)c(=O)n1-c1ccccc1)OC(=O)CCCCCCC/C=C\CCCCCCCC. The number of fused-ring (bicyclic) bond motifs is 3. The first-order valence-corrected chi connectivity index (χ1v) is 30.8. The number of nitrogens with zero attached hydrogens (tertiary/aromatic N) is 2. The second-order valence-corrected chi connectivity index (χ2v) is 21.9. The zero-order valence-corrected chi connectivity index (χ0v) is 47.0. The second kappa shape index (κ2) is 38.9. The molecule has 0 spiro atoms. The number of ether oxygens (including phenoxy) is 2. The van der Waals surface area contributed by atoms with Crippen LogP contribution in [-0.4, -0.2) is 75.5 Å². The van der Waals surface area contributed by atoms with E-state index in [1.54, 1.807) is 12.1 Å². The molecule has 2 unspecified atom stereocenters. The highest BCUT2D eigenvalue weighted by atomic mass is 32.2. The van der Waals surface area contributed by atoms with Gasteiger partial charge in [0, 0.05) is 30.3 Å². The van der Waals surface area contributed by atoms with Crippen molar-refractivity contribution in [2.24, 2.45) is 0 Å². The van der Waals surface area contributed by atoms with Crippen molar-refractivity contribution in [1.29, 1.82) is 0 Å². The summed E-state index contributed by atoms with van der Waals surface area (Å²) >= 11 is 1.08. The Labute approximate surface area is 451 Å². The largest absolute Gasteiger partial charge is 0.472 e. The fourth-order valence-corrected chi connectivity index (χ4v) is 10.3. The Bertz CT molecular complexity index is 2390. The van der Waals surface area contributed by atoms with E-state index in [1.165, 1.54) is 81.6 Å². The van der Waals surface area contributed by atoms with E-state index in [9.17, 15) is 28.6 Å². The van der Waals surface area contributed by atoms with Crippen LogP contribution in [0.1, 0.15) is 194 Å². The molecule has 3 N–H and O–H groups in total. The number of thioether (sulfide) groups is 1. The van der Waals surface area contributed by atoms with Gasteiger partial charge in [-0.3, -0.25) is 32.8 Å². The Hall–Kier alpha value is -4.53. The van der Waals surface area contributed by atoms with E-state index in [1.807, 2.05) is 42.5 Å². The van der Waals surface area contributed by atoms with Crippen molar-refractivity contribution >= 4 is 59.4 Å². The number of phosphoric ester groups is 1. The summed E-state index contributed by atoms with van der Waals surface area (Å²) < 4.78 is 35.9. The normalized spacial score (nSPS) is 13.0. The minimum atomic E-state index is -4.69. The number of esters is 2. The molecular weight excluding hydrogens is 988 g/mol. The fourth-order valence-electron chi connectivity index (χ4n) is 8.69. The quantitative estimate of drug-likeness (QED) is 0.00951. The van der Waals surface area contributed by atoms with Gasteiger partial charge in [-0.1, -0.05) is 189 Å². The van der Waals surface area contributed by atoms with Crippen molar-refractivity contribution in [3.05, 3.63) is 89.3 Å². The smallest absolute Gasteiger partial charge is 0.462 e. The predicted molar refractivity (Wildman–Crippen MR) is 304 cm³/mol. The van der Waals surface area contributed by atoms with Crippen LogP contribution < -0.4 is 10.9 Å². The number of para-hydroxylation sites is 2. The van der Waals surface area contributed by atoms with Gasteiger partial charge in [0.25, 0.3) is 5.56 Å². The lowest BCUT2D eigenvalue weighted by Crippen LogP contribution is -2.30. The van der Waals surface area contributed by atoms with Crippen molar-refractivity contribution in [3.8, 4) is 5.69 Å². The summed E-state index contributed by atoms with van der Waals surface area (Å²) in [5.74, 6) is -1.49. The number of nitrogens with one attached hydrogen (secondary N) is 2. The van der Waals surface area contributed by atoms with E-state index in [-0.39, 0.29) is 43.9 Å². The molecule has 0 saturated carbocycles. The van der Waals surface area contributed by atoms with Gasteiger partial charge in [0.15, 0.2) is 11.3 Å². The molecule has 0 radical (unpaired) electrons. The van der Waals surface area contributed by atoms with Crippen LogP contribution in [0.5, 0.6) is 0 Å². The number of aromatic amines is 1. The van der Waals surface area contributed by atoms with Gasteiger partial charge in [-0.2, -0.15) is 0 Å². The van der Waals surface area contributed by atoms with Crippen LogP contribution >= 0.6 is 19.6 Å². The molecule has 75 heavy (non-hydrogen) atoms. The molecule has 14 nitrogen and oxygen atoms in total. The summed E-state index contributed by atoms with van der Waals surface area (Å²) in [6, 6.07) is 16.5. The van der Waals surface area contributed by atoms with E-state index < -0.39 is 38.4 Å². The average molecular weight is 1080 g/mol. The lowest BCUT2D eigenvalue weighted by molar-refractivity contribution is -0.161. The predicted octanol–water partition coefficient (Wildman–Crippen LogP) is 14.7. The van der Waals surface area contributed by atoms with Crippen molar-refractivity contribution in [3.63, 3.8) is 0 Å². The first kappa shape index (κ1) is 63.0. The molecule has 2 aromatic carbocycles. The van der Waals surface area contributed by atoms with Crippen LogP contribution in [-0.2, 0) is 37.5 Å². The molecule has 0 saturated heterocycles. The number of allylic oxidation sites excluding steroid dienone is 4. The lowest BCUT2D eigenvalue weighted by atomic mass is 10.1. The topological polar surface area (TPSA) is 188 Å². The Morgan fingerprint density at radius 1 is 0.680 bits per heavy atom. The van der Waals surface area contributed by atoms with Crippen molar-refractivity contribution in [2.75, 3.05) is 32.1 Å². The molecule has 0 fully saturated rings. The second-order valence-electron chi connectivity index (χ2n) is 19.5. The molecule has 2 heterocycles. The summed E-state index contributed by atoms with van der Waals surface area (Å²) in [5, 5.41) is 3.76. The maximum atomic E-state index is 13.8. The number of phosphoric acid groups is 1. The number of carbonyl (C=O) groups is 3. The number of hydrogen-bond donors (Lipinski definition) is 3. The molecule has 16 heteroatoms. The first-order chi connectivity index (χ1) is 36.6. The summed E-state index contributed by atoms with van der Waals surface area (Å²) in [5.41, 5.74) is 1.91. The van der Waals surface area contributed by atoms with Crippen molar-refractivity contribution < 1.29 is 42.4 Å². The van der Waals surface area contributed by atoms with Crippen molar-refractivity contribution in [2.45, 2.75) is 205 Å². The van der Waals surface area contributed by atoms with Gasteiger partial charge < -0.3 is 24.7 Å². The van der Waals surface area contributed by atoms with Crippen LogP contribution in [0.25, 0.3) is 27.6 Å². The minimum Gasteiger partial charge on any atom is -0.462 e. The van der Waals surface area contributed by atoms with Gasteiger partial charge in [-0.15, -0.1) is 0 Å². The number of amides is 1. The number of unbranched alkanes of at least 4 members (excludes halogenated alkanes) is 22. The Balaban J connectivity index is 1.18. The number of aromatic nitrogens is 3. The van der Waals surface area contributed by atoms with Crippen LogP contribution in [0, 0.1) is 0 Å². The zero-order chi connectivity index (χ0) is 53.6. The number of hydrogen-bond acceptors (Lipinski definition) is 11. The number of carbonyl (C=O) groups excluding carboxylic acids is 3. The number of rotatable bonds is 44. The summed E-state index contributed by atoms with van der Waals surface area (Å²) in [6.07, 6.45) is 38.0. The molecule has 416 valence electrons. The average Bonchev–Trinajstić information content (AvgIpc) is 3.79. The maximum Gasteiger partial charge on any atom is 0.472 e. The van der Waals surface area contributed by atoms with Gasteiger partial charge >= 0.3 is 19.8 Å². The molecular formula is C59H89N4O10PS. The fraction of sp³-hybridized carbons (Fsp3) is 0.610. The molecule has 0 aliphatic rings. The summed E-state index contributed by atoms with van der Waals surface area (Å²) in [7, 11) is -4.69. The van der Waals surface area contributed by atoms with Gasteiger partial charge in [0.05, 0.1) is 24.7 Å². The standard InChI is InChI=1S/C59H89N4O10PS/c1-3-5-7-9-11-13-15-17-19-21-23-25-27-29-34-42-54(65)70-46-50(73-55(66)43-35-30-28-26-24-22-20-18-16-14-12-10-8-6-4-2)47-72-74(68,69)71-45-44-60-53(64)48-75-59-62-56-51-40-36-37-41-52(51)61-57(56)58(67)63(59)49-38-32-31-33-39-49/h17-20,31-33,36-41,50,61H,3-16,21-30,34-35,42-48H2,1-2H3,(H,60,64)(H,68,69)/b19-17-,20-18-. The van der Waals surface area contributed by atoms with Gasteiger partial charge in [-0.25, -0.2) is 9.55 Å². The first-order valence-electron chi connectivity index (χ1n) is 28.4. The number of H-pyrrole nitrogens is 1. The Morgan fingerprint density at radius 2 is 1.20 bits per heavy atom. The highest BCUT2D eigenvalue weighted by Crippen LogP contribution is 2.43. The molecule has 1 amide bonds. The van der Waals surface area contributed by atoms with Gasteiger partial charge in [0.2, 0.25) is 5.91 Å². The minimum absolute atomic E-state index is 0.111. The van der Waals surface area contributed by atoms with Crippen LogP contribution in [0.2, 0.25) is 0 Å². The zero-order valence-electron chi connectivity index (χ0n) is 45.3. The van der Waals surface area contributed by atoms with Crippen molar-refractivity contribution in [1.82, 2.24) is 19.9 Å². The molecule has 0 aliphatic heterocycles. The highest BCUT2D eigenvalue weighted by molar-refractivity contribution is 7.99. The highest BCUT2D eigenvalue weighted by Gasteiger charge is 2.26. The third kappa shape index (κ3) is 26.9. The molecule has 0 aliphatic carbocycles. The maximum absolute atomic E-state index is 13.8. The van der Waals surface area contributed by atoms with Gasteiger partial charge in [0.1, 0.15) is 17.6 Å². The van der Waals surface area contributed by atoms with Crippen LogP contribution in [0.3, 0.4) is 0 Å². The summed E-state index contributed by atoms with van der Waals surface area (Å²) in [4.78, 5) is 71.0. The van der Waals surface area contributed by atoms with E-state index in [2.05, 4.69) is 48.5 Å². The molecule has 0 bridgehead atoms. The molecule has 2 aromatic heterocycles. The molecule has 4 rings (SSSR count). The molecule has 4 aromatic rings. The van der Waals surface area contributed by atoms with E-state index >= 15 is 0 Å². The lowest BCUT2D eigenvalue weighted by Gasteiger charge is -2.20. The Kier molecular flexibility index (Phi) is 32.7. The summed E-state index contributed by atoms with van der Waals surface area (Å²) in [6.45, 7) is 3.09. The Morgan fingerprint density at radius 3 is 1.79 bits per heavy atom. The van der Waals surface area contributed by atoms with E-state index in [0.29, 0.717) is 34.7 Å². The van der Waals surface area contributed by atoms with Crippen LogP contribution in [0.15, 0.2) is 88.9 Å². The van der Waals surface area contributed by atoms with Gasteiger partial charge in [-0.05, 0) is 82.4 Å². The number of benzene rings is 2. The van der Waals surface area contributed by atoms with E-state index in [4.69, 9.17) is 23.5 Å². The van der Waals surface area contributed by atoms with E-state index in [0.717, 1.165) is 99.7 Å². The van der Waals surface area contributed by atoms with Crippen LogP contribution in [0.4, 0.5) is 0 Å².